The Morgan fingerprint density at radius 3 is 2.55 bits per heavy atom. The lowest BCUT2D eigenvalue weighted by atomic mass is 9.87. The van der Waals surface area contributed by atoms with Gasteiger partial charge in [0, 0.05) is 18.5 Å². The fourth-order valence-electron chi connectivity index (χ4n) is 4.26. The fourth-order valence-corrected chi connectivity index (χ4v) is 4.26. The van der Waals surface area contributed by atoms with Gasteiger partial charge in [-0.15, -0.1) is 0 Å². The fraction of sp³-hybridized carbons (Fsp3) is 0.231. The summed E-state index contributed by atoms with van der Waals surface area (Å²) < 4.78 is 33.8. The summed E-state index contributed by atoms with van der Waals surface area (Å²) in [5, 5.41) is 9.03. The van der Waals surface area contributed by atoms with Gasteiger partial charge in [0.1, 0.15) is 17.4 Å². The Hall–Kier alpha value is -3.74. The van der Waals surface area contributed by atoms with E-state index in [1.54, 1.807) is 23.1 Å². The molecule has 7 heteroatoms. The Balaban J connectivity index is 1.69. The summed E-state index contributed by atoms with van der Waals surface area (Å²) in [6.07, 6.45) is 0.945. The minimum Gasteiger partial charge on any atom is -0.482 e. The predicted molar refractivity (Wildman–Crippen MR) is 118 cm³/mol. The number of halogens is 2. The molecule has 0 fully saturated rings. The number of hydrogen-bond donors (Lipinski definition) is 1. The number of benzene rings is 3. The summed E-state index contributed by atoms with van der Waals surface area (Å²) in [5.74, 6) is -2.04. The zero-order valence-corrected chi connectivity index (χ0v) is 17.8. The van der Waals surface area contributed by atoms with Gasteiger partial charge < -0.3 is 14.7 Å². The van der Waals surface area contributed by atoms with E-state index in [1.807, 2.05) is 24.3 Å². The first kappa shape index (κ1) is 22.5. The molecule has 1 N–H and O–H groups in total. The lowest BCUT2D eigenvalue weighted by molar-refractivity contribution is -0.139. The molecule has 0 saturated carbocycles. The van der Waals surface area contributed by atoms with Crippen LogP contribution in [0.1, 0.15) is 34.7 Å². The number of carbonyl (C=O) groups excluding carboxylic acids is 1. The number of fused-ring (bicyclic) bond motifs is 1. The molecule has 1 atom stereocenters. The average molecular weight is 451 g/mol. The molecule has 0 aromatic heterocycles. The molecule has 1 aliphatic rings. The maximum atomic E-state index is 14.3. The SMILES string of the molecule is O=C(O)COc1ccc(F)cc1C1c2ccccc2CCN1C(=O)CCc1ccccc1F. The number of carbonyl (C=O) groups is 2. The van der Waals surface area contributed by atoms with Crippen molar-refractivity contribution < 1.29 is 28.2 Å². The summed E-state index contributed by atoms with van der Waals surface area (Å²) >= 11 is 0. The third kappa shape index (κ3) is 5.03. The number of amides is 1. The lowest BCUT2D eigenvalue weighted by Crippen LogP contribution is -2.41. The van der Waals surface area contributed by atoms with Crippen molar-refractivity contribution in [2.24, 2.45) is 0 Å². The van der Waals surface area contributed by atoms with Crippen molar-refractivity contribution in [3.8, 4) is 5.75 Å². The number of hydrogen-bond acceptors (Lipinski definition) is 3. The molecule has 3 aromatic rings. The molecular weight excluding hydrogens is 428 g/mol. The van der Waals surface area contributed by atoms with Gasteiger partial charge in [0.05, 0.1) is 6.04 Å². The number of aryl methyl sites for hydroxylation is 1. The Kier molecular flexibility index (Phi) is 6.68. The van der Waals surface area contributed by atoms with Gasteiger partial charge in [-0.1, -0.05) is 42.5 Å². The smallest absolute Gasteiger partial charge is 0.341 e. The third-order valence-corrected chi connectivity index (χ3v) is 5.79. The van der Waals surface area contributed by atoms with E-state index in [0.29, 0.717) is 24.1 Å². The van der Waals surface area contributed by atoms with E-state index in [0.717, 1.165) is 11.1 Å². The van der Waals surface area contributed by atoms with Crippen LogP contribution in [0.2, 0.25) is 0 Å². The quantitative estimate of drug-likeness (QED) is 0.573. The van der Waals surface area contributed by atoms with Crippen LogP contribution in [0.5, 0.6) is 5.75 Å². The summed E-state index contributed by atoms with van der Waals surface area (Å²) in [6.45, 7) is -0.194. The second-order valence-electron chi connectivity index (χ2n) is 7.89. The van der Waals surface area contributed by atoms with Gasteiger partial charge in [0.25, 0.3) is 0 Å². The Bertz CT molecular complexity index is 1180. The zero-order chi connectivity index (χ0) is 23.4. The molecule has 0 bridgehead atoms. The monoisotopic (exact) mass is 451 g/mol. The van der Waals surface area contributed by atoms with Crippen molar-refractivity contribution in [1.82, 2.24) is 4.90 Å². The normalized spacial score (nSPS) is 15.1. The highest BCUT2D eigenvalue weighted by atomic mass is 19.1. The van der Waals surface area contributed by atoms with Gasteiger partial charge in [-0.25, -0.2) is 13.6 Å². The Labute approximate surface area is 190 Å². The van der Waals surface area contributed by atoms with Crippen molar-refractivity contribution in [3.05, 3.63) is 101 Å². The number of rotatable bonds is 7. The van der Waals surface area contributed by atoms with Crippen molar-refractivity contribution in [1.29, 1.82) is 0 Å². The number of carboxylic acids is 1. The van der Waals surface area contributed by atoms with E-state index in [4.69, 9.17) is 9.84 Å². The molecule has 1 unspecified atom stereocenters. The number of aliphatic carboxylic acids is 1. The molecule has 5 nitrogen and oxygen atoms in total. The van der Waals surface area contributed by atoms with Crippen LogP contribution in [0.15, 0.2) is 66.7 Å². The topological polar surface area (TPSA) is 66.8 Å². The van der Waals surface area contributed by atoms with Gasteiger partial charge in [-0.2, -0.15) is 0 Å². The average Bonchev–Trinajstić information content (AvgIpc) is 2.81. The maximum Gasteiger partial charge on any atom is 0.341 e. The first-order valence-electron chi connectivity index (χ1n) is 10.7. The number of nitrogens with zero attached hydrogens (tertiary/aromatic N) is 1. The van der Waals surface area contributed by atoms with Crippen molar-refractivity contribution >= 4 is 11.9 Å². The van der Waals surface area contributed by atoms with E-state index in [1.165, 1.54) is 24.3 Å². The lowest BCUT2D eigenvalue weighted by Gasteiger charge is -2.38. The van der Waals surface area contributed by atoms with E-state index in [9.17, 15) is 18.4 Å². The van der Waals surface area contributed by atoms with Gasteiger partial charge >= 0.3 is 5.97 Å². The molecule has 170 valence electrons. The van der Waals surface area contributed by atoms with Crippen LogP contribution < -0.4 is 4.74 Å². The molecule has 0 spiro atoms. The first-order valence-corrected chi connectivity index (χ1v) is 10.7. The van der Waals surface area contributed by atoms with Crippen molar-refractivity contribution in [3.63, 3.8) is 0 Å². The van der Waals surface area contributed by atoms with Gasteiger partial charge in [0.15, 0.2) is 6.61 Å². The van der Waals surface area contributed by atoms with Crippen LogP contribution in [0, 0.1) is 11.6 Å². The summed E-state index contributed by atoms with van der Waals surface area (Å²) in [4.78, 5) is 26.0. The zero-order valence-electron chi connectivity index (χ0n) is 17.8. The number of ether oxygens (including phenoxy) is 1. The maximum absolute atomic E-state index is 14.3. The molecule has 0 saturated heterocycles. The minimum atomic E-state index is -1.16. The molecule has 1 heterocycles. The van der Waals surface area contributed by atoms with E-state index >= 15 is 0 Å². The minimum absolute atomic E-state index is 0.0836. The molecule has 1 aliphatic heterocycles. The number of carboxylic acid groups (broad SMARTS) is 1. The molecular formula is C26H23F2NO4. The highest BCUT2D eigenvalue weighted by Crippen LogP contribution is 2.40. The molecule has 0 radical (unpaired) electrons. The van der Waals surface area contributed by atoms with Gasteiger partial charge in [-0.3, -0.25) is 4.79 Å². The van der Waals surface area contributed by atoms with E-state index in [-0.39, 0.29) is 30.3 Å². The van der Waals surface area contributed by atoms with Crippen molar-refractivity contribution in [2.75, 3.05) is 13.2 Å². The van der Waals surface area contributed by atoms with Crippen molar-refractivity contribution in [2.45, 2.75) is 25.3 Å². The van der Waals surface area contributed by atoms with Crippen LogP contribution in [0.3, 0.4) is 0 Å². The highest BCUT2D eigenvalue weighted by molar-refractivity contribution is 5.78. The molecule has 3 aromatic carbocycles. The Morgan fingerprint density at radius 2 is 1.76 bits per heavy atom. The van der Waals surface area contributed by atoms with Gasteiger partial charge in [0.2, 0.25) is 5.91 Å². The van der Waals surface area contributed by atoms with Crippen LogP contribution >= 0.6 is 0 Å². The second-order valence-corrected chi connectivity index (χ2v) is 7.89. The largest absolute Gasteiger partial charge is 0.482 e. The van der Waals surface area contributed by atoms with Crippen LogP contribution in [0.25, 0.3) is 0 Å². The van der Waals surface area contributed by atoms with Crippen LogP contribution in [-0.4, -0.2) is 35.0 Å². The van der Waals surface area contributed by atoms with E-state index < -0.39 is 24.4 Å². The van der Waals surface area contributed by atoms with Gasteiger partial charge in [-0.05, 0) is 53.8 Å². The molecule has 33 heavy (non-hydrogen) atoms. The third-order valence-electron chi connectivity index (χ3n) is 5.79. The molecule has 4 rings (SSSR count). The van der Waals surface area contributed by atoms with Crippen LogP contribution in [0.4, 0.5) is 8.78 Å². The Morgan fingerprint density at radius 1 is 1.00 bits per heavy atom. The highest BCUT2D eigenvalue weighted by Gasteiger charge is 2.34. The standard InChI is InChI=1S/C26H23F2NO4/c27-19-10-11-23(33-16-25(31)32)21(15-19)26-20-7-3-1-5-17(20)13-14-29(26)24(30)12-9-18-6-2-4-8-22(18)28/h1-8,10-11,15,26H,9,12-14,16H2,(H,31,32). The summed E-state index contributed by atoms with van der Waals surface area (Å²) in [5.41, 5.74) is 2.68. The van der Waals surface area contributed by atoms with E-state index in [2.05, 4.69) is 0 Å². The van der Waals surface area contributed by atoms with Crippen LogP contribution in [-0.2, 0) is 22.4 Å². The second kappa shape index (κ2) is 9.81. The first-order chi connectivity index (χ1) is 15.9. The summed E-state index contributed by atoms with van der Waals surface area (Å²) in [7, 11) is 0. The molecule has 1 amide bonds. The summed E-state index contributed by atoms with van der Waals surface area (Å²) in [6, 6.07) is 17.1. The predicted octanol–water partition coefficient (Wildman–Crippen LogP) is 4.54. The molecule has 0 aliphatic carbocycles.